The third kappa shape index (κ3) is 7.11. The number of ether oxygens (including phenoxy) is 2. The number of benzene rings is 2. The number of nitrogens with one attached hydrogen (secondary N) is 2. The van der Waals surface area contributed by atoms with E-state index in [0.717, 1.165) is 64.2 Å². The number of hydrogen-bond acceptors (Lipinski definition) is 5. The number of carbonyl (C=O) groups is 3. The first kappa shape index (κ1) is 25.3. The molecular formula is C29H32N2O5. The molecule has 0 bridgehead atoms. The zero-order valence-electron chi connectivity index (χ0n) is 20.4. The Morgan fingerprint density at radius 1 is 0.694 bits per heavy atom. The first-order valence-corrected chi connectivity index (χ1v) is 12.7. The van der Waals surface area contributed by atoms with Gasteiger partial charge >= 0.3 is 18.0 Å². The molecular weight excluding hydrogens is 456 g/mol. The van der Waals surface area contributed by atoms with Crippen molar-refractivity contribution in [1.82, 2.24) is 0 Å². The van der Waals surface area contributed by atoms with E-state index in [1.54, 1.807) is 24.3 Å². The summed E-state index contributed by atoms with van der Waals surface area (Å²) in [5.74, 6) is 1.50. The summed E-state index contributed by atoms with van der Waals surface area (Å²) in [7, 11) is 0. The molecule has 2 fully saturated rings. The van der Waals surface area contributed by atoms with Crippen LogP contribution in [0.1, 0.15) is 90.5 Å². The predicted octanol–water partition coefficient (Wildman–Crippen LogP) is 6.29. The van der Waals surface area contributed by atoms with Crippen molar-refractivity contribution in [3.05, 3.63) is 59.2 Å². The van der Waals surface area contributed by atoms with Gasteiger partial charge in [0.2, 0.25) is 0 Å². The second-order valence-electron chi connectivity index (χ2n) is 9.43. The zero-order chi connectivity index (χ0) is 25.3. The molecule has 7 nitrogen and oxygen atoms in total. The maximum absolute atomic E-state index is 12.9. The number of rotatable bonds is 6. The van der Waals surface area contributed by atoms with E-state index in [-0.39, 0.29) is 23.3 Å². The summed E-state index contributed by atoms with van der Waals surface area (Å²) in [6, 6.07) is 10.8. The fraction of sp³-hybridized carbons (Fsp3) is 0.414. The van der Waals surface area contributed by atoms with E-state index < -0.39 is 18.0 Å². The summed E-state index contributed by atoms with van der Waals surface area (Å²) in [6.07, 6.45) is 14.9. The SMILES string of the molecule is C#Cc1ccc(NC(=O)Nc2cc(C(=O)OC3CCCCC3)cc(C(=O)OC3CCCCC3)c2)cc1. The lowest BCUT2D eigenvalue weighted by Crippen LogP contribution is -2.23. The van der Waals surface area contributed by atoms with Crippen molar-refractivity contribution in [2.75, 3.05) is 10.6 Å². The minimum absolute atomic E-state index is 0.130. The van der Waals surface area contributed by atoms with Crippen LogP contribution in [0.2, 0.25) is 0 Å². The Labute approximate surface area is 211 Å². The highest BCUT2D eigenvalue weighted by atomic mass is 16.5. The molecule has 36 heavy (non-hydrogen) atoms. The van der Waals surface area contributed by atoms with Crippen LogP contribution in [-0.4, -0.2) is 30.2 Å². The van der Waals surface area contributed by atoms with Gasteiger partial charge in [0, 0.05) is 16.9 Å². The van der Waals surface area contributed by atoms with Gasteiger partial charge in [0.15, 0.2) is 0 Å². The molecule has 0 atom stereocenters. The number of urea groups is 1. The Hall–Kier alpha value is -3.79. The number of anilines is 2. The Bertz CT molecular complexity index is 1070. The summed E-state index contributed by atoms with van der Waals surface area (Å²) in [5, 5.41) is 5.43. The van der Waals surface area contributed by atoms with Crippen LogP contribution in [0.5, 0.6) is 0 Å². The normalized spacial score (nSPS) is 16.4. The molecule has 2 aliphatic rings. The Morgan fingerprint density at radius 3 is 1.64 bits per heavy atom. The van der Waals surface area contributed by atoms with Crippen molar-refractivity contribution < 1.29 is 23.9 Å². The van der Waals surface area contributed by atoms with Gasteiger partial charge in [0.25, 0.3) is 0 Å². The first-order chi connectivity index (χ1) is 17.5. The number of carbonyl (C=O) groups excluding carboxylic acids is 3. The van der Waals surface area contributed by atoms with E-state index in [9.17, 15) is 14.4 Å². The summed E-state index contributed by atoms with van der Waals surface area (Å²) < 4.78 is 11.4. The molecule has 0 saturated heterocycles. The number of hydrogen-bond donors (Lipinski definition) is 2. The molecule has 2 aromatic carbocycles. The van der Waals surface area contributed by atoms with E-state index in [2.05, 4.69) is 16.6 Å². The summed E-state index contributed by atoms with van der Waals surface area (Å²) >= 11 is 0. The average molecular weight is 489 g/mol. The topological polar surface area (TPSA) is 93.7 Å². The Morgan fingerprint density at radius 2 is 1.17 bits per heavy atom. The molecule has 4 rings (SSSR count). The van der Waals surface area contributed by atoms with Crippen molar-refractivity contribution in [1.29, 1.82) is 0 Å². The highest BCUT2D eigenvalue weighted by Gasteiger charge is 2.23. The molecule has 0 spiro atoms. The van der Waals surface area contributed by atoms with E-state index in [1.165, 1.54) is 18.2 Å². The van der Waals surface area contributed by atoms with Crippen molar-refractivity contribution in [2.24, 2.45) is 0 Å². The molecule has 0 aromatic heterocycles. The first-order valence-electron chi connectivity index (χ1n) is 12.7. The Kier molecular flexibility index (Phi) is 8.62. The minimum atomic E-state index is -0.521. The van der Waals surface area contributed by atoms with E-state index in [0.29, 0.717) is 16.9 Å². The summed E-state index contributed by atoms with van der Waals surface area (Å²) in [4.78, 5) is 38.5. The van der Waals surface area contributed by atoms with Crippen molar-refractivity contribution in [3.8, 4) is 12.3 Å². The van der Waals surface area contributed by atoms with Crippen molar-refractivity contribution in [3.63, 3.8) is 0 Å². The molecule has 0 heterocycles. The lowest BCUT2D eigenvalue weighted by molar-refractivity contribution is 0.0210. The van der Waals surface area contributed by atoms with Crippen LogP contribution in [0, 0.1) is 12.3 Å². The van der Waals surface area contributed by atoms with E-state index in [4.69, 9.17) is 15.9 Å². The van der Waals surface area contributed by atoms with Crippen LogP contribution < -0.4 is 10.6 Å². The molecule has 2 aromatic rings. The molecule has 0 unspecified atom stereocenters. The fourth-order valence-corrected chi connectivity index (χ4v) is 4.68. The van der Waals surface area contributed by atoms with Crippen LogP contribution in [0.15, 0.2) is 42.5 Å². The molecule has 2 saturated carbocycles. The van der Waals surface area contributed by atoms with Gasteiger partial charge in [-0.2, -0.15) is 0 Å². The highest BCUT2D eigenvalue weighted by molar-refractivity contribution is 6.03. The standard InChI is InChI=1S/C29H32N2O5/c1-2-20-13-15-23(16-14-20)30-29(34)31-24-18-21(27(32)35-25-9-5-3-6-10-25)17-22(19-24)28(33)36-26-11-7-4-8-12-26/h1,13-19,25-26H,3-12H2,(H2,30,31,34). The van der Waals surface area contributed by atoms with Gasteiger partial charge in [-0.05, 0) is 93.8 Å². The lowest BCUT2D eigenvalue weighted by Gasteiger charge is -2.23. The maximum atomic E-state index is 12.9. The van der Waals surface area contributed by atoms with Crippen LogP contribution in [-0.2, 0) is 9.47 Å². The zero-order valence-corrected chi connectivity index (χ0v) is 20.4. The van der Waals surface area contributed by atoms with Gasteiger partial charge in [-0.1, -0.05) is 18.8 Å². The third-order valence-corrected chi connectivity index (χ3v) is 6.62. The fourth-order valence-electron chi connectivity index (χ4n) is 4.68. The molecule has 2 aliphatic carbocycles. The van der Waals surface area contributed by atoms with Gasteiger partial charge in [0.1, 0.15) is 12.2 Å². The number of esters is 2. The molecule has 0 radical (unpaired) electrons. The molecule has 0 aliphatic heterocycles. The average Bonchev–Trinajstić information content (AvgIpc) is 2.90. The highest BCUT2D eigenvalue weighted by Crippen LogP contribution is 2.25. The van der Waals surface area contributed by atoms with Crippen molar-refractivity contribution in [2.45, 2.75) is 76.4 Å². The predicted molar refractivity (Wildman–Crippen MR) is 138 cm³/mol. The summed E-state index contributed by atoms with van der Waals surface area (Å²) in [6.45, 7) is 0. The van der Waals surface area contributed by atoms with Crippen LogP contribution >= 0.6 is 0 Å². The molecule has 2 N–H and O–H groups in total. The van der Waals surface area contributed by atoms with Gasteiger partial charge in [-0.25, -0.2) is 14.4 Å². The van der Waals surface area contributed by atoms with Gasteiger partial charge < -0.3 is 20.1 Å². The second-order valence-corrected chi connectivity index (χ2v) is 9.43. The monoisotopic (exact) mass is 488 g/mol. The van der Waals surface area contributed by atoms with Gasteiger partial charge in [-0.3, -0.25) is 0 Å². The largest absolute Gasteiger partial charge is 0.459 e. The molecule has 7 heteroatoms. The smallest absolute Gasteiger partial charge is 0.338 e. The molecule has 188 valence electrons. The van der Waals surface area contributed by atoms with Gasteiger partial charge in [0.05, 0.1) is 11.1 Å². The van der Waals surface area contributed by atoms with E-state index in [1.807, 2.05) is 0 Å². The van der Waals surface area contributed by atoms with Gasteiger partial charge in [-0.15, -0.1) is 6.42 Å². The van der Waals surface area contributed by atoms with E-state index >= 15 is 0 Å². The quantitative estimate of drug-likeness (QED) is 0.368. The van der Waals surface area contributed by atoms with Crippen molar-refractivity contribution >= 4 is 29.3 Å². The van der Waals surface area contributed by atoms with Crippen LogP contribution in [0.3, 0.4) is 0 Å². The maximum Gasteiger partial charge on any atom is 0.338 e. The van der Waals surface area contributed by atoms with Crippen LogP contribution in [0.4, 0.5) is 16.2 Å². The lowest BCUT2D eigenvalue weighted by atomic mass is 9.97. The Balaban J connectivity index is 1.50. The number of amides is 2. The third-order valence-electron chi connectivity index (χ3n) is 6.62. The summed E-state index contributed by atoms with van der Waals surface area (Å²) in [5.41, 5.74) is 1.95. The second kappa shape index (κ2) is 12.3. The number of terminal acetylenes is 1. The minimum Gasteiger partial charge on any atom is -0.459 e. The molecule has 2 amide bonds. The van der Waals surface area contributed by atoms with Crippen LogP contribution in [0.25, 0.3) is 0 Å².